The molecule has 0 fully saturated rings. The zero-order valence-electron chi connectivity index (χ0n) is 17.0. The van der Waals surface area contributed by atoms with Gasteiger partial charge in [-0.15, -0.1) is 0 Å². The smallest absolute Gasteiger partial charge is 0.369 e. The van der Waals surface area contributed by atoms with Gasteiger partial charge in [0, 0.05) is 36.9 Å². The summed E-state index contributed by atoms with van der Waals surface area (Å²) in [5, 5.41) is 0. The van der Waals surface area contributed by atoms with Gasteiger partial charge in [-0.2, -0.15) is 0 Å². The standard InChI is InChI=1S/C22H26BN4/c1-15-17(3)26(21-13-9-7-11-19(21)24(15)5)23-27-18(4)16(2)25(6)20-12-8-10-14-22(20)27/h7-14H,1-6H3. The van der Waals surface area contributed by atoms with E-state index in [0.29, 0.717) is 0 Å². The summed E-state index contributed by atoms with van der Waals surface area (Å²) in [6, 6.07) is 17.1. The van der Waals surface area contributed by atoms with Crippen molar-refractivity contribution in [2.75, 3.05) is 33.5 Å². The monoisotopic (exact) mass is 357 g/mol. The molecule has 4 nitrogen and oxygen atoms in total. The third kappa shape index (κ3) is 2.61. The van der Waals surface area contributed by atoms with E-state index in [1.807, 2.05) is 0 Å². The summed E-state index contributed by atoms with van der Waals surface area (Å²) in [7, 11) is 6.50. The summed E-state index contributed by atoms with van der Waals surface area (Å²) in [6.45, 7) is 8.73. The number of anilines is 4. The third-order valence-electron chi connectivity index (χ3n) is 6.01. The van der Waals surface area contributed by atoms with Crippen LogP contribution in [0.2, 0.25) is 0 Å². The van der Waals surface area contributed by atoms with Gasteiger partial charge in [0.25, 0.3) is 0 Å². The number of fused-ring (bicyclic) bond motifs is 2. The lowest BCUT2D eigenvalue weighted by Gasteiger charge is -2.43. The Morgan fingerprint density at radius 2 is 0.852 bits per heavy atom. The normalized spacial score (nSPS) is 16.7. The molecule has 1 radical (unpaired) electrons. The van der Waals surface area contributed by atoms with E-state index in [0.717, 1.165) is 0 Å². The molecular weight excluding hydrogens is 331 g/mol. The first-order valence-corrected chi connectivity index (χ1v) is 9.35. The van der Waals surface area contributed by atoms with Gasteiger partial charge in [-0.25, -0.2) is 0 Å². The molecule has 5 heteroatoms. The fourth-order valence-corrected chi connectivity index (χ4v) is 3.87. The molecule has 0 saturated heterocycles. The summed E-state index contributed by atoms with van der Waals surface area (Å²) >= 11 is 0. The molecule has 0 aromatic heterocycles. The summed E-state index contributed by atoms with van der Waals surface area (Å²) < 4.78 is 0. The van der Waals surface area contributed by atoms with Gasteiger partial charge in [-0.3, -0.25) is 0 Å². The number of para-hydroxylation sites is 4. The van der Waals surface area contributed by atoms with E-state index in [-0.39, 0.29) is 0 Å². The SMILES string of the molecule is CC1=C(C)N([B]N2C(C)=C(C)N(C)c3ccccc32)c2ccccc2N1C. The van der Waals surface area contributed by atoms with E-state index < -0.39 is 0 Å². The first kappa shape index (κ1) is 17.6. The van der Waals surface area contributed by atoms with Gasteiger partial charge < -0.3 is 19.4 Å². The average Bonchev–Trinajstić information content (AvgIpc) is 2.70. The molecule has 4 rings (SSSR count). The average molecular weight is 357 g/mol. The van der Waals surface area contributed by atoms with Crippen LogP contribution in [0.3, 0.4) is 0 Å². The molecule has 0 aliphatic carbocycles. The Hall–Kier alpha value is -2.82. The fraction of sp³-hybridized carbons (Fsp3) is 0.273. The van der Waals surface area contributed by atoms with Crippen molar-refractivity contribution in [3.8, 4) is 0 Å². The van der Waals surface area contributed by atoms with Crippen molar-refractivity contribution in [2.24, 2.45) is 0 Å². The summed E-state index contributed by atoms with van der Waals surface area (Å²) in [5.74, 6) is 0. The zero-order valence-corrected chi connectivity index (χ0v) is 17.0. The van der Waals surface area contributed by atoms with Crippen molar-refractivity contribution in [1.29, 1.82) is 0 Å². The largest absolute Gasteiger partial charge is 0.401 e. The third-order valence-corrected chi connectivity index (χ3v) is 6.01. The molecular formula is C22H26BN4. The molecule has 2 aliphatic rings. The molecule has 0 bridgehead atoms. The van der Waals surface area contributed by atoms with Gasteiger partial charge in [0.05, 0.1) is 22.7 Å². The van der Waals surface area contributed by atoms with Crippen molar-refractivity contribution in [2.45, 2.75) is 27.7 Å². The van der Waals surface area contributed by atoms with Gasteiger partial charge in [-0.1, -0.05) is 24.3 Å². The Morgan fingerprint density at radius 3 is 1.22 bits per heavy atom. The van der Waals surface area contributed by atoms with Crippen LogP contribution < -0.4 is 19.4 Å². The van der Waals surface area contributed by atoms with Crippen molar-refractivity contribution in [3.05, 3.63) is 71.3 Å². The summed E-state index contributed by atoms with van der Waals surface area (Å²) in [4.78, 5) is 9.15. The lowest BCUT2D eigenvalue weighted by atomic mass is 9.93. The second kappa shape index (κ2) is 6.41. The predicted octanol–water partition coefficient (Wildman–Crippen LogP) is 4.94. The van der Waals surface area contributed by atoms with Crippen LogP contribution in [0.25, 0.3) is 0 Å². The van der Waals surface area contributed by atoms with E-state index in [1.54, 1.807) is 0 Å². The van der Waals surface area contributed by atoms with Crippen LogP contribution in [0.15, 0.2) is 71.3 Å². The van der Waals surface area contributed by atoms with E-state index >= 15 is 0 Å². The Kier molecular flexibility index (Phi) is 4.18. The van der Waals surface area contributed by atoms with E-state index in [1.165, 1.54) is 45.5 Å². The lowest BCUT2D eigenvalue weighted by Crippen LogP contribution is -2.46. The molecule has 137 valence electrons. The van der Waals surface area contributed by atoms with E-state index in [2.05, 4.69) is 117 Å². The predicted molar refractivity (Wildman–Crippen MR) is 117 cm³/mol. The minimum atomic E-state index is 1.20. The number of rotatable bonds is 2. The highest BCUT2D eigenvalue weighted by Crippen LogP contribution is 2.41. The molecule has 27 heavy (non-hydrogen) atoms. The Balaban J connectivity index is 1.81. The molecule has 2 aromatic carbocycles. The minimum Gasteiger partial charge on any atom is -0.369 e. The molecule has 0 spiro atoms. The number of benzene rings is 2. The van der Waals surface area contributed by atoms with Crippen LogP contribution in [0.4, 0.5) is 22.7 Å². The first-order valence-electron chi connectivity index (χ1n) is 9.35. The summed E-state index contributed by atoms with van der Waals surface area (Å²) in [6.07, 6.45) is 0. The van der Waals surface area contributed by atoms with Gasteiger partial charge in [0.1, 0.15) is 0 Å². The number of allylic oxidation sites excluding steroid dienone is 4. The lowest BCUT2D eigenvalue weighted by molar-refractivity contribution is 0.968. The molecule has 0 N–H and O–H groups in total. The van der Waals surface area contributed by atoms with Crippen molar-refractivity contribution in [1.82, 2.24) is 0 Å². The van der Waals surface area contributed by atoms with Crippen LogP contribution >= 0.6 is 0 Å². The van der Waals surface area contributed by atoms with Crippen molar-refractivity contribution in [3.63, 3.8) is 0 Å². The Labute approximate surface area is 163 Å². The van der Waals surface area contributed by atoms with Crippen molar-refractivity contribution < 1.29 is 0 Å². The topological polar surface area (TPSA) is 13.0 Å². The molecule has 0 amide bonds. The van der Waals surface area contributed by atoms with Crippen LogP contribution in [-0.2, 0) is 0 Å². The highest BCUT2D eigenvalue weighted by molar-refractivity contribution is 6.50. The van der Waals surface area contributed by atoms with Gasteiger partial charge in [0.15, 0.2) is 0 Å². The quantitative estimate of drug-likeness (QED) is 0.706. The molecule has 2 aromatic rings. The van der Waals surface area contributed by atoms with E-state index in [9.17, 15) is 0 Å². The van der Waals surface area contributed by atoms with Gasteiger partial charge in [0.2, 0.25) is 0 Å². The zero-order chi connectivity index (χ0) is 19.3. The second-order valence-corrected chi connectivity index (χ2v) is 7.29. The maximum absolute atomic E-state index is 2.31. The van der Waals surface area contributed by atoms with Gasteiger partial charge in [-0.05, 0) is 52.0 Å². The van der Waals surface area contributed by atoms with Gasteiger partial charge >= 0.3 is 7.55 Å². The molecule has 0 unspecified atom stereocenters. The molecule has 2 heterocycles. The Morgan fingerprint density at radius 1 is 0.519 bits per heavy atom. The molecule has 0 saturated carbocycles. The molecule has 0 atom stereocenters. The molecule has 2 aliphatic heterocycles. The number of hydrogen-bond acceptors (Lipinski definition) is 4. The fourth-order valence-electron chi connectivity index (χ4n) is 3.87. The second-order valence-electron chi connectivity index (χ2n) is 7.29. The van der Waals surface area contributed by atoms with Crippen molar-refractivity contribution >= 4 is 30.3 Å². The highest BCUT2D eigenvalue weighted by Gasteiger charge is 2.31. The van der Waals surface area contributed by atoms with Crippen LogP contribution in [-0.4, -0.2) is 21.6 Å². The van der Waals surface area contributed by atoms with Crippen LogP contribution in [0.5, 0.6) is 0 Å². The summed E-state index contributed by atoms with van der Waals surface area (Å²) in [5.41, 5.74) is 9.82. The number of nitrogens with zero attached hydrogens (tertiary/aromatic N) is 4. The highest BCUT2D eigenvalue weighted by atomic mass is 15.3. The van der Waals surface area contributed by atoms with Crippen LogP contribution in [0.1, 0.15) is 27.7 Å². The van der Waals surface area contributed by atoms with Crippen LogP contribution in [0, 0.1) is 0 Å². The maximum Gasteiger partial charge on any atom is 0.401 e. The Bertz CT molecular complexity index is 885. The minimum absolute atomic E-state index is 1.20. The first-order chi connectivity index (χ1) is 12.9. The number of hydrogen-bond donors (Lipinski definition) is 0. The maximum atomic E-state index is 2.31. The van der Waals surface area contributed by atoms with E-state index in [4.69, 9.17) is 0 Å².